The normalized spacial score (nSPS) is 11.8. The molecule has 1 atom stereocenters. The SMILES string of the molecule is CC(=O)N(Cc1ccccc1)[C@@H](C(=O)NCC(C)C)c1ccccc1. The van der Waals surface area contributed by atoms with Crippen molar-refractivity contribution in [1.82, 2.24) is 10.2 Å². The van der Waals surface area contributed by atoms with Crippen molar-refractivity contribution in [3.05, 3.63) is 71.8 Å². The van der Waals surface area contributed by atoms with E-state index in [1.807, 2.05) is 74.5 Å². The van der Waals surface area contributed by atoms with Crippen LogP contribution >= 0.6 is 0 Å². The first-order valence-electron chi connectivity index (χ1n) is 8.63. The van der Waals surface area contributed by atoms with Crippen LogP contribution in [0, 0.1) is 5.92 Å². The first-order valence-corrected chi connectivity index (χ1v) is 8.63. The topological polar surface area (TPSA) is 49.4 Å². The third kappa shape index (κ3) is 5.45. The van der Waals surface area contributed by atoms with E-state index in [0.717, 1.165) is 11.1 Å². The maximum absolute atomic E-state index is 12.9. The van der Waals surface area contributed by atoms with Crippen LogP contribution in [0.15, 0.2) is 60.7 Å². The Bertz CT molecular complexity index is 684. The summed E-state index contributed by atoms with van der Waals surface area (Å²) < 4.78 is 0. The molecule has 0 aliphatic heterocycles. The molecule has 0 saturated carbocycles. The van der Waals surface area contributed by atoms with E-state index in [1.54, 1.807) is 4.90 Å². The van der Waals surface area contributed by atoms with Gasteiger partial charge in [-0.1, -0.05) is 74.5 Å². The van der Waals surface area contributed by atoms with Crippen molar-refractivity contribution < 1.29 is 9.59 Å². The lowest BCUT2D eigenvalue weighted by molar-refractivity contribution is -0.140. The summed E-state index contributed by atoms with van der Waals surface area (Å²) >= 11 is 0. The second-order valence-electron chi connectivity index (χ2n) is 6.58. The number of hydrogen-bond acceptors (Lipinski definition) is 2. The van der Waals surface area contributed by atoms with Gasteiger partial charge in [-0.3, -0.25) is 9.59 Å². The molecule has 2 aromatic carbocycles. The predicted octanol–water partition coefficient (Wildman–Crippen LogP) is 3.55. The van der Waals surface area contributed by atoms with Gasteiger partial charge in [0, 0.05) is 20.0 Å². The van der Waals surface area contributed by atoms with Crippen LogP contribution in [-0.2, 0) is 16.1 Å². The van der Waals surface area contributed by atoms with Crippen molar-refractivity contribution in [1.29, 1.82) is 0 Å². The Morgan fingerprint density at radius 1 is 0.960 bits per heavy atom. The Hall–Kier alpha value is -2.62. The number of amides is 2. The van der Waals surface area contributed by atoms with Gasteiger partial charge in [0.1, 0.15) is 6.04 Å². The Kier molecular flexibility index (Phi) is 6.75. The van der Waals surface area contributed by atoms with Crippen molar-refractivity contribution in [3.8, 4) is 0 Å². The molecule has 25 heavy (non-hydrogen) atoms. The molecule has 2 aromatic rings. The van der Waals surface area contributed by atoms with E-state index < -0.39 is 6.04 Å². The fraction of sp³-hybridized carbons (Fsp3) is 0.333. The summed E-state index contributed by atoms with van der Waals surface area (Å²) in [6, 6.07) is 18.5. The van der Waals surface area contributed by atoms with Gasteiger partial charge in [-0.15, -0.1) is 0 Å². The van der Waals surface area contributed by atoms with Gasteiger partial charge < -0.3 is 10.2 Å². The van der Waals surface area contributed by atoms with E-state index in [9.17, 15) is 9.59 Å². The molecule has 2 amide bonds. The first-order chi connectivity index (χ1) is 12.0. The smallest absolute Gasteiger partial charge is 0.247 e. The highest BCUT2D eigenvalue weighted by Crippen LogP contribution is 2.23. The monoisotopic (exact) mass is 338 g/mol. The van der Waals surface area contributed by atoms with Gasteiger partial charge in [0.2, 0.25) is 11.8 Å². The van der Waals surface area contributed by atoms with Crippen LogP contribution in [0.3, 0.4) is 0 Å². The van der Waals surface area contributed by atoms with Crippen LogP contribution in [0.5, 0.6) is 0 Å². The van der Waals surface area contributed by atoms with Crippen molar-refractivity contribution in [2.24, 2.45) is 5.92 Å². The van der Waals surface area contributed by atoms with Crippen LogP contribution < -0.4 is 5.32 Å². The Morgan fingerprint density at radius 2 is 1.52 bits per heavy atom. The fourth-order valence-corrected chi connectivity index (χ4v) is 2.67. The lowest BCUT2D eigenvalue weighted by Gasteiger charge is -2.31. The largest absolute Gasteiger partial charge is 0.354 e. The number of carbonyl (C=O) groups is 2. The van der Waals surface area contributed by atoms with Crippen molar-refractivity contribution in [3.63, 3.8) is 0 Å². The van der Waals surface area contributed by atoms with Gasteiger partial charge in [-0.25, -0.2) is 0 Å². The summed E-state index contributed by atoms with van der Waals surface area (Å²) in [5.74, 6) is 0.0729. The summed E-state index contributed by atoms with van der Waals surface area (Å²) in [4.78, 5) is 26.9. The summed E-state index contributed by atoms with van der Waals surface area (Å²) in [6.07, 6.45) is 0. The molecule has 0 radical (unpaired) electrons. The minimum atomic E-state index is -0.641. The van der Waals surface area contributed by atoms with E-state index in [2.05, 4.69) is 5.32 Å². The highest BCUT2D eigenvalue weighted by molar-refractivity contribution is 5.88. The zero-order chi connectivity index (χ0) is 18.2. The van der Waals surface area contributed by atoms with Crippen molar-refractivity contribution in [2.45, 2.75) is 33.4 Å². The predicted molar refractivity (Wildman–Crippen MR) is 99.7 cm³/mol. The zero-order valence-electron chi connectivity index (χ0n) is 15.1. The standard InChI is InChI=1S/C21H26N2O2/c1-16(2)14-22-21(25)20(19-12-8-5-9-13-19)23(17(3)24)15-18-10-6-4-7-11-18/h4-13,16,20H,14-15H2,1-3H3,(H,22,25)/t20-/m1/s1. The number of nitrogens with zero attached hydrogens (tertiary/aromatic N) is 1. The van der Waals surface area contributed by atoms with Crippen molar-refractivity contribution >= 4 is 11.8 Å². The number of nitrogens with one attached hydrogen (secondary N) is 1. The van der Waals surface area contributed by atoms with E-state index in [1.165, 1.54) is 6.92 Å². The molecule has 0 aliphatic rings. The molecule has 1 N–H and O–H groups in total. The fourth-order valence-electron chi connectivity index (χ4n) is 2.67. The van der Waals surface area contributed by atoms with Gasteiger partial charge in [-0.05, 0) is 17.0 Å². The van der Waals surface area contributed by atoms with Gasteiger partial charge in [0.05, 0.1) is 0 Å². The lowest BCUT2D eigenvalue weighted by atomic mass is 10.0. The number of hydrogen-bond donors (Lipinski definition) is 1. The number of rotatable bonds is 7. The van der Waals surface area contributed by atoms with Gasteiger partial charge in [0.25, 0.3) is 0 Å². The molecule has 0 bridgehead atoms. The molecule has 0 fully saturated rings. The second-order valence-corrected chi connectivity index (χ2v) is 6.58. The summed E-state index contributed by atoms with van der Waals surface area (Å²) in [5, 5.41) is 2.97. The second kappa shape index (κ2) is 9.02. The summed E-state index contributed by atoms with van der Waals surface area (Å²) in [6.45, 7) is 6.58. The van der Waals surface area contributed by atoms with E-state index in [-0.39, 0.29) is 11.8 Å². The average molecular weight is 338 g/mol. The third-order valence-electron chi connectivity index (χ3n) is 3.96. The summed E-state index contributed by atoms with van der Waals surface area (Å²) in [5.41, 5.74) is 1.81. The van der Waals surface area contributed by atoms with Crippen LogP contribution in [-0.4, -0.2) is 23.3 Å². The quantitative estimate of drug-likeness (QED) is 0.839. The molecule has 0 aliphatic carbocycles. The molecular weight excluding hydrogens is 312 g/mol. The molecule has 4 nitrogen and oxygen atoms in total. The zero-order valence-corrected chi connectivity index (χ0v) is 15.1. The third-order valence-corrected chi connectivity index (χ3v) is 3.96. The van der Waals surface area contributed by atoms with E-state index in [0.29, 0.717) is 19.0 Å². The minimum absolute atomic E-state index is 0.127. The molecule has 132 valence electrons. The van der Waals surface area contributed by atoms with Crippen LogP contribution in [0.2, 0.25) is 0 Å². The Morgan fingerprint density at radius 3 is 2.04 bits per heavy atom. The average Bonchev–Trinajstić information content (AvgIpc) is 2.61. The van der Waals surface area contributed by atoms with E-state index >= 15 is 0 Å². The van der Waals surface area contributed by atoms with Gasteiger partial charge in [-0.2, -0.15) is 0 Å². The number of benzene rings is 2. The lowest BCUT2D eigenvalue weighted by Crippen LogP contribution is -2.43. The van der Waals surface area contributed by atoms with Gasteiger partial charge in [0.15, 0.2) is 0 Å². The molecular formula is C21H26N2O2. The highest BCUT2D eigenvalue weighted by atomic mass is 16.2. The molecule has 2 rings (SSSR count). The molecule has 0 saturated heterocycles. The molecule has 0 spiro atoms. The van der Waals surface area contributed by atoms with Crippen molar-refractivity contribution in [2.75, 3.05) is 6.54 Å². The van der Waals surface area contributed by atoms with Crippen LogP contribution in [0.1, 0.15) is 37.9 Å². The maximum Gasteiger partial charge on any atom is 0.247 e. The minimum Gasteiger partial charge on any atom is -0.354 e. The van der Waals surface area contributed by atoms with E-state index in [4.69, 9.17) is 0 Å². The molecule has 4 heteroatoms. The Labute approximate surface area is 149 Å². The molecule has 0 heterocycles. The number of carbonyl (C=O) groups excluding carboxylic acids is 2. The van der Waals surface area contributed by atoms with Crippen LogP contribution in [0.4, 0.5) is 0 Å². The molecule has 0 aromatic heterocycles. The molecule has 0 unspecified atom stereocenters. The Balaban J connectivity index is 2.33. The van der Waals surface area contributed by atoms with Gasteiger partial charge >= 0.3 is 0 Å². The summed E-state index contributed by atoms with van der Waals surface area (Å²) in [7, 11) is 0. The van der Waals surface area contributed by atoms with Crippen LogP contribution in [0.25, 0.3) is 0 Å². The first kappa shape index (κ1) is 18.7. The highest BCUT2D eigenvalue weighted by Gasteiger charge is 2.29. The maximum atomic E-state index is 12.9.